The number of methoxy groups -OCH3 is 1. The van der Waals surface area contributed by atoms with Gasteiger partial charge < -0.3 is 31.4 Å². The molecule has 0 bridgehead atoms. The van der Waals surface area contributed by atoms with Crippen LogP contribution in [0.15, 0.2) is 30.6 Å². The van der Waals surface area contributed by atoms with Gasteiger partial charge in [0.2, 0.25) is 0 Å². The molecule has 1 aromatic rings. The largest absolute Gasteiger partial charge is 1.00 e. The fourth-order valence-electron chi connectivity index (χ4n) is 5.11. The van der Waals surface area contributed by atoms with Crippen LogP contribution in [0, 0.1) is 5.92 Å². The van der Waals surface area contributed by atoms with E-state index in [1.54, 1.807) is 7.11 Å². The molecule has 0 aromatic carbocycles. The van der Waals surface area contributed by atoms with Gasteiger partial charge in [-0.2, -0.15) is 0 Å². The molecular formula is C31H56ClNO4. The van der Waals surface area contributed by atoms with E-state index >= 15 is 0 Å². The smallest absolute Gasteiger partial charge is 0.171 e. The molecule has 1 aliphatic rings. The number of unbranched alkanes of at least 4 members (excludes halogenated alkanes) is 9. The van der Waals surface area contributed by atoms with Gasteiger partial charge in [-0.15, -0.1) is 0 Å². The van der Waals surface area contributed by atoms with Crippen molar-refractivity contribution in [3.8, 4) is 0 Å². The van der Waals surface area contributed by atoms with Gasteiger partial charge in [0.05, 0.1) is 26.4 Å². The zero-order chi connectivity index (χ0) is 25.4. The highest BCUT2D eigenvalue weighted by atomic mass is 35.5. The molecule has 1 unspecified atom stereocenters. The number of hydrogen-bond donors (Lipinski definition) is 0. The van der Waals surface area contributed by atoms with Gasteiger partial charge in [0, 0.05) is 25.8 Å². The lowest BCUT2D eigenvalue weighted by atomic mass is 9.85. The van der Waals surface area contributed by atoms with Gasteiger partial charge in [0.15, 0.2) is 18.9 Å². The number of hydrogen-bond acceptors (Lipinski definition) is 4. The summed E-state index contributed by atoms with van der Waals surface area (Å²) in [5.74, 6) is 1.07. The Morgan fingerprint density at radius 2 is 1.22 bits per heavy atom. The minimum absolute atomic E-state index is 0. The molecule has 0 spiro atoms. The Kier molecular flexibility index (Phi) is 23.7. The van der Waals surface area contributed by atoms with Crippen LogP contribution in [0.25, 0.3) is 0 Å². The predicted octanol–water partition coefficient (Wildman–Crippen LogP) is 3.91. The number of nitrogens with zero attached hydrogens (tertiary/aromatic N) is 1. The Hall–Kier alpha value is -0.720. The van der Waals surface area contributed by atoms with Crippen molar-refractivity contribution in [1.82, 2.24) is 0 Å². The van der Waals surface area contributed by atoms with E-state index in [-0.39, 0.29) is 18.5 Å². The second-order valence-corrected chi connectivity index (χ2v) is 10.6. The summed E-state index contributed by atoms with van der Waals surface area (Å²) in [4.78, 5) is 0. The van der Waals surface area contributed by atoms with Crippen LogP contribution < -0.4 is 17.0 Å². The lowest BCUT2D eigenvalue weighted by Gasteiger charge is -2.21. The summed E-state index contributed by atoms with van der Waals surface area (Å²) >= 11 is 0. The molecule has 0 amide bonds. The van der Waals surface area contributed by atoms with Crippen LogP contribution in [0.1, 0.15) is 103 Å². The summed E-state index contributed by atoms with van der Waals surface area (Å²) in [6.45, 7) is 4.70. The Morgan fingerprint density at radius 1 is 0.649 bits per heavy atom. The second kappa shape index (κ2) is 25.6. The maximum atomic E-state index is 5.82. The van der Waals surface area contributed by atoms with Crippen molar-refractivity contribution in [1.29, 1.82) is 0 Å². The van der Waals surface area contributed by atoms with Crippen molar-refractivity contribution in [3.05, 3.63) is 30.6 Å². The molecule has 216 valence electrons. The Bertz CT molecular complexity index is 586. The first-order valence-corrected chi connectivity index (χ1v) is 15.1. The SMILES string of the molecule is COC(COCCCCCCCCCCCCC1CCCCC1)COCCOCC[n+]1ccccc1.[Cl-]. The summed E-state index contributed by atoms with van der Waals surface area (Å²) in [6, 6.07) is 6.07. The van der Waals surface area contributed by atoms with Crippen molar-refractivity contribution in [2.24, 2.45) is 5.92 Å². The van der Waals surface area contributed by atoms with Crippen molar-refractivity contribution in [3.63, 3.8) is 0 Å². The van der Waals surface area contributed by atoms with E-state index in [2.05, 4.69) is 4.57 Å². The van der Waals surface area contributed by atoms with Gasteiger partial charge in [-0.1, -0.05) is 102 Å². The molecule has 6 heteroatoms. The standard InChI is InChI=1S/C31H56NO4.ClH/c1-33-31(29-36-27-26-34-25-23-32-21-15-11-16-22-32)28-35-24-17-9-7-5-3-2-4-6-8-12-18-30-19-13-10-14-20-30;/h11,15-16,21-22,30-31H,2-10,12-14,17-20,23-29H2,1H3;1H/q+1;/p-1. The molecule has 0 saturated heterocycles. The van der Waals surface area contributed by atoms with E-state index in [9.17, 15) is 0 Å². The normalized spacial score (nSPS) is 14.9. The first kappa shape index (κ1) is 34.3. The van der Waals surface area contributed by atoms with Crippen LogP contribution >= 0.6 is 0 Å². The molecule has 37 heavy (non-hydrogen) atoms. The van der Waals surface area contributed by atoms with Crippen molar-refractivity contribution >= 4 is 0 Å². The summed E-state index contributed by atoms with van der Waals surface area (Å²) < 4.78 is 24.7. The predicted molar refractivity (Wildman–Crippen MR) is 147 cm³/mol. The van der Waals surface area contributed by atoms with Crippen LogP contribution in [0.3, 0.4) is 0 Å². The average molecular weight is 542 g/mol. The molecule has 1 fully saturated rings. The maximum absolute atomic E-state index is 5.82. The minimum Gasteiger partial charge on any atom is -1.00 e. The average Bonchev–Trinajstić information content (AvgIpc) is 2.92. The highest BCUT2D eigenvalue weighted by Gasteiger charge is 2.12. The van der Waals surface area contributed by atoms with Crippen LogP contribution in [0.4, 0.5) is 0 Å². The fraction of sp³-hybridized carbons (Fsp3) is 0.839. The van der Waals surface area contributed by atoms with Gasteiger partial charge in [-0.25, -0.2) is 4.57 Å². The highest BCUT2D eigenvalue weighted by Crippen LogP contribution is 2.28. The lowest BCUT2D eigenvalue weighted by molar-refractivity contribution is -0.698. The monoisotopic (exact) mass is 541 g/mol. The molecule has 0 radical (unpaired) electrons. The van der Waals surface area contributed by atoms with Crippen molar-refractivity contribution in [2.75, 3.05) is 46.8 Å². The van der Waals surface area contributed by atoms with Crippen LogP contribution in [0.5, 0.6) is 0 Å². The molecule has 1 saturated carbocycles. The summed E-state index contributed by atoms with van der Waals surface area (Å²) in [5.41, 5.74) is 0. The first-order chi connectivity index (χ1) is 17.9. The molecule has 1 atom stereocenters. The number of aromatic nitrogens is 1. The number of pyridine rings is 1. The molecular weight excluding hydrogens is 486 g/mol. The van der Waals surface area contributed by atoms with Gasteiger partial charge in [-0.3, -0.25) is 0 Å². The molecule has 2 rings (SSSR count). The maximum Gasteiger partial charge on any atom is 0.171 e. The van der Waals surface area contributed by atoms with E-state index in [1.807, 2.05) is 30.6 Å². The van der Waals surface area contributed by atoms with E-state index in [0.29, 0.717) is 33.0 Å². The van der Waals surface area contributed by atoms with Crippen LogP contribution in [-0.2, 0) is 25.5 Å². The van der Waals surface area contributed by atoms with Gasteiger partial charge in [0.1, 0.15) is 12.7 Å². The molecule has 0 aliphatic heterocycles. The van der Waals surface area contributed by atoms with E-state index < -0.39 is 0 Å². The summed E-state index contributed by atoms with van der Waals surface area (Å²) in [7, 11) is 1.72. The Balaban J connectivity index is 0.00000684. The third kappa shape index (κ3) is 19.9. The lowest BCUT2D eigenvalue weighted by Crippen LogP contribution is -3.00. The van der Waals surface area contributed by atoms with Gasteiger partial charge in [0.25, 0.3) is 0 Å². The topological polar surface area (TPSA) is 40.8 Å². The molecule has 1 heterocycles. The van der Waals surface area contributed by atoms with Crippen molar-refractivity contribution < 1.29 is 35.9 Å². The summed E-state index contributed by atoms with van der Waals surface area (Å²) in [5, 5.41) is 0. The Morgan fingerprint density at radius 3 is 1.86 bits per heavy atom. The van der Waals surface area contributed by atoms with E-state index in [1.165, 1.54) is 96.3 Å². The minimum atomic E-state index is -0.00691. The molecule has 5 nitrogen and oxygen atoms in total. The van der Waals surface area contributed by atoms with Gasteiger partial charge in [-0.05, 0) is 12.3 Å². The summed E-state index contributed by atoms with van der Waals surface area (Å²) in [6.07, 6.45) is 26.9. The Labute approximate surface area is 234 Å². The van der Waals surface area contributed by atoms with Crippen LogP contribution in [-0.4, -0.2) is 52.9 Å². The third-order valence-electron chi connectivity index (χ3n) is 7.46. The highest BCUT2D eigenvalue weighted by molar-refractivity contribution is 4.83. The number of rotatable bonds is 24. The van der Waals surface area contributed by atoms with Crippen molar-refractivity contribution in [2.45, 2.75) is 115 Å². The first-order valence-electron chi connectivity index (χ1n) is 15.1. The fourth-order valence-corrected chi connectivity index (χ4v) is 5.11. The third-order valence-corrected chi connectivity index (χ3v) is 7.46. The molecule has 1 aromatic heterocycles. The number of ether oxygens (including phenoxy) is 4. The van der Waals surface area contributed by atoms with E-state index in [4.69, 9.17) is 18.9 Å². The quantitative estimate of drug-likeness (QED) is 0.147. The van der Waals surface area contributed by atoms with Crippen LogP contribution in [0.2, 0.25) is 0 Å². The van der Waals surface area contributed by atoms with E-state index in [0.717, 1.165) is 25.5 Å². The second-order valence-electron chi connectivity index (χ2n) is 10.6. The molecule has 1 aliphatic carbocycles. The van der Waals surface area contributed by atoms with Gasteiger partial charge >= 0.3 is 0 Å². The zero-order valence-corrected chi connectivity index (χ0v) is 24.5. The molecule has 0 N–H and O–H groups in total. The zero-order valence-electron chi connectivity index (χ0n) is 23.8. The number of halogens is 1.